The van der Waals surface area contributed by atoms with Crippen LogP contribution in [0.5, 0.6) is 0 Å². The van der Waals surface area contributed by atoms with Crippen LogP contribution in [-0.2, 0) is 6.54 Å². The van der Waals surface area contributed by atoms with Crippen molar-refractivity contribution in [3.05, 3.63) is 53.3 Å². The first-order valence-corrected chi connectivity index (χ1v) is 8.56. The average molecular weight is 326 g/mol. The number of unbranched alkanes of at least 4 members (excludes halogenated alkanes) is 1. The Balaban J connectivity index is 2.17. The van der Waals surface area contributed by atoms with Gasteiger partial charge in [-0.1, -0.05) is 43.7 Å². The van der Waals surface area contributed by atoms with Crippen molar-refractivity contribution in [2.75, 3.05) is 18.0 Å². The zero-order valence-corrected chi connectivity index (χ0v) is 14.7. The van der Waals surface area contributed by atoms with Crippen molar-refractivity contribution in [1.82, 2.24) is 15.3 Å². The number of anilines is 1. The van der Waals surface area contributed by atoms with Crippen LogP contribution in [0.3, 0.4) is 0 Å². The van der Waals surface area contributed by atoms with Gasteiger partial charge in [0.2, 0.25) is 5.95 Å². The van der Waals surface area contributed by atoms with Crippen molar-refractivity contribution in [2.24, 2.45) is 0 Å². The summed E-state index contributed by atoms with van der Waals surface area (Å²) < 4.78 is 0. The van der Waals surface area contributed by atoms with E-state index in [-0.39, 0.29) is 5.91 Å². The van der Waals surface area contributed by atoms with Gasteiger partial charge in [-0.05, 0) is 31.9 Å². The molecule has 0 spiro atoms. The molecule has 5 heteroatoms. The summed E-state index contributed by atoms with van der Waals surface area (Å²) in [5.74, 6) is 0.466. The molecule has 0 bridgehead atoms. The first-order chi connectivity index (χ1) is 11.6. The summed E-state index contributed by atoms with van der Waals surface area (Å²) in [5, 5.41) is 2.91. The molecule has 0 aliphatic carbocycles. The third-order valence-corrected chi connectivity index (χ3v) is 3.77. The van der Waals surface area contributed by atoms with Gasteiger partial charge in [0.1, 0.15) is 5.69 Å². The van der Waals surface area contributed by atoms with Crippen LogP contribution in [0.2, 0.25) is 0 Å². The summed E-state index contributed by atoms with van der Waals surface area (Å²) in [6, 6.07) is 11.9. The van der Waals surface area contributed by atoms with Crippen molar-refractivity contribution >= 4 is 11.9 Å². The predicted octanol–water partition coefficient (Wildman–Crippen LogP) is 3.34. The Hall–Kier alpha value is -2.43. The Labute approximate surface area is 144 Å². The van der Waals surface area contributed by atoms with E-state index in [0.717, 1.165) is 31.6 Å². The van der Waals surface area contributed by atoms with E-state index >= 15 is 0 Å². The first-order valence-electron chi connectivity index (χ1n) is 8.56. The standard InChI is InChI=1S/C19H26N4O/c1-4-6-12-20-18(24)17-13-15(3)21-19(22-17)23(5-2)14-16-10-8-7-9-11-16/h7-11,13H,4-6,12,14H2,1-3H3,(H,20,24). The molecule has 2 rings (SSSR count). The first kappa shape index (κ1) is 17.9. The number of hydrogen-bond acceptors (Lipinski definition) is 4. The number of amides is 1. The highest BCUT2D eigenvalue weighted by Gasteiger charge is 2.14. The molecule has 0 radical (unpaired) electrons. The summed E-state index contributed by atoms with van der Waals surface area (Å²) >= 11 is 0. The number of nitrogens with one attached hydrogen (secondary N) is 1. The Kier molecular flexibility index (Phi) is 6.73. The molecule has 24 heavy (non-hydrogen) atoms. The normalized spacial score (nSPS) is 10.5. The Morgan fingerprint density at radius 2 is 1.92 bits per heavy atom. The molecule has 0 aliphatic rings. The number of hydrogen-bond donors (Lipinski definition) is 1. The van der Waals surface area contributed by atoms with Gasteiger partial charge >= 0.3 is 0 Å². The summed E-state index contributed by atoms with van der Waals surface area (Å²) in [6.45, 7) is 8.23. The number of carbonyl (C=O) groups excluding carboxylic acids is 1. The van der Waals surface area contributed by atoms with Crippen molar-refractivity contribution in [3.8, 4) is 0 Å². The molecule has 0 fully saturated rings. The Morgan fingerprint density at radius 3 is 2.58 bits per heavy atom. The quantitative estimate of drug-likeness (QED) is 0.756. The average Bonchev–Trinajstić information content (AvgIpc) is 2.60. The van der Waals surface area contributed by atoms with Gasteiger partial charge in [-0.3, -0.25) is 4.79 Å². The zero-order valence-electron chi connectivity index (χ0n) is 14.7. The van der Waals surface area contributed by atoms with Crippen LogP contribution in [0.15, 0.2) is 36.4 Å². The Bertz CT molecular complexity index is 658. The number of rotatable bonds is 8. The molecule has 0 aliphatic heterocycles. The molecule has 1 amide bonds. The number of aryl methyl sites for hydroxylation is 1. The highest BCUT2D eigenvalue weighted by molar-refractivity contribution is 5.92. The number of aromatic nitrogens is 2. The molecule has 2 aromatic rings. The smallest absolute Gasteiger partial charge is 0.270 e. The number of benzene rings is 1. The molecule has 1 aromatic heterocycles. The highest BCUT2D eigenvalue weighted by atomic mass is 16.1. The number of carbonyl (C=O) groups is 1. The van der Waals surface area contributed by atoms with Crippen LogP contribution >= 0.6 is 0 Å². The van der Waals surface area contributed by atoms with Crippen molar-refractivity contribution in [2.45, 2.75) is 40.2 Å². The largest absolute Gasteiger partial charge is 0.351 e. The monoisotopic (exact) mass is 326 g/mol. The zero-order chi connectivity index (χ0) is 17.4. The second kappa shape index (κ2) is 9.01. The van der Waals surface area contributed by atoms with E-state index in [2.05, 4.69) is 46.2 Å². The van der Waals surface area contributed by atoms with Crippen molar-refractivity contribution < 1.29 is 4.79 Å². The molecular formula is C19H26N4O. The van der Waals surface area contributed by atoms with Gasteiger partial charge in [0.25, 0.3) is 5.91 Å². The van der Waals surface area contributed by atoms with Gasteiger partial charge in [-0.15, -0.1) is 0 Å². The van der Waals surface area contributed by atoms with Crippen LogP contribution < -0.4 is 10.2 Å². The lowest BCUT2D eigenvalue weighted by atomic mass is 10.2. The maximum absolute atomic E-state index is 12.3. The van der Waals surface area contributed by atoms with Crippen LogP contribution in [0.25, 0.3) is 0 Å². The summed E-state index contributed by atoms with van der Waals surface area (Å²) in [6.07, 6.45) is 2.02. The van der Waals surface area contributed by atoms with Gasteiger partial charge in [0.05, 0.1) is 0 Å². The van der Waals surface area contributed by atoms with Gasteiger partial charge in [0.15, 0.2) is 0 Å². The summed E-state index contributed by atoms with van der Waals surface area (Å²) in [7, 11) is 0. The molecule has 128 valence electrons. The molecule has 5 nitrogen and oxygen atoms in total. The van der Waals surface area contributed by atoms with E-state index in [4.69, 9.17) is 0 Å². The van der Waals surface area contributed by atoms with Crippen molar-refractivity contribution in [1.29, 1.82) is 0 Å². The maximum Gasteiger partial charge on any atom is 0.270 e. The van der Waals surface area contributed by atoms with Crippen LogP contribution in [0, 0.1) is 6.92 Å². The highest BCUT2D eigenvalue weighted by Crippen LogP contribution is 2.14. The summed E-state index contributed by atoms with van der Waals surface area (Å²) in [4.78, 5) is 23.3. The van der Waals surface area contributed by atoms with Crippen LogP contribution in [0.1, 0.15) is 48.4 Å². The molecule has 1 heterocycles. The lowest BCUT2D eigenvalue weighted by Crippen LogP contribution is -2.28. The predicted molar refractivity (Wildman–Crippen MR) is 97.2 cm³/mol. The fourth-order valence-corrected chi connectivity index (χ4v) is 2.41. The van der Waals surface area contributed by atoms with Crippen molar-refractivity contribution in [3.63, 3.8) is 0 Å². The number of nitrogens with zero attached hydrogens (tertiary/aromatic N) is 3. The minimum Gasteiger partial charge on any atom is -0.351 e. The van der Waals surface area contributed by atoms with E-state index < -0.39 is 0 Å². The fraction of sp³-hybridized carbons (Fsp3) is 0.421. The fourth-order valence-electron chi connectivity index (χ4n) is 2.41. The van der Waals surface area contributed by atoms with Gasteiger partial charge in [-0.25, -0.2) is 9.97 Å². The summed E-state index contributed by atoms with van der Waals surface area (Å²) in [5.41, 5.74) is 2.42. The van der Waals surface area contributed by atoms with Gasteiger partial charge in [-0.2, -0.15) is 0 Å². The topological polar surface area (TPSA) is 58.1 Å². The molecule has 0 unspecified atom stereocenters. The SMILES string of the molecule is CCCCNC(=O)c1cc(C)nc(N(CC)Cc2ccccc2)n1. The van der Waals surface area contributed by atoms with Crippen LogP contribution in [-0.4, -0.2) is 29.0 Å². The van der Waals surface area contributed by atoms with E-state index in [1.807, 2.05) is 25.1 Å². The van der Waals surface area contributed by atoms with E-state index in [0.29, 0.717) is 18.2 Å². The third kappa shape index (κ3) is 5.05. The van der Waals surface area contributed by atoms with Gasteiger partial charge in [0, 0.05) is 25.3 Å². The lowest BCUT2D eigenvalue weighted by molar-refractivity contribution is 0.0948. The Morgan fingerprint density at radius 1 is 1.17 bits per heavy atom. The molecular weight excluding hydrogens is 300 g/mol. The molecule has 0 atom stereocenters. The minimum atomic E-state index is -0.133. The maximum atomic E-state index is 12.3. The minimum absolute atomic E-state index is 0.133. The molecule has 0 saturated heterocycles. The van der Waals surface area contributed by atoms with Gasteiger partial charge < -0.3 is 10.2 Å². The molecule has 1 aromatic carbocycles. The van der Waals surface area contributed by atoms with Crippen LogP contribution in [0.4, 0.5) is 5.95 Å². The molecule has 1 N–H and O–H groups in total. The van der Waals surface area contributed by atoms with E-state index in [1.54, 1.807) is 6.07 Å². The lowest BCUT2D eigenvalue weighted by Gasteiger charge is -2.21. The molecule has 0 saturated carbocycles. The second-order valence-electron chi connectivity index (χ2n) is 5.80. The second-order valence-corrected chi connectivity index (χ2v) is 5.80. The van der Waals surface area contributed by atoms with E-state index in [1.165, 1.54) is 5.56 Å². The van der Waals surface area contributed by atoms with E-state index in [9.17, 15) is 4.79 Å². The third-order valence-electron chi connectivity index (χ3n) is 3.77.